The normalized spacial score (nSPS) is 11.7. The van der Waals surface area contributed by atoms with Crippen molar-refractivity contribution in [2.24, 2.45) is 0 Å². The SMILES string of the molecule is COC(C)(C)CCOCC(=O)c1cccs1. The van der Waals surface area contributed by atoms with Crippen LogP contribution in [0.3, 0.4) is 0 Å². The van der Waals surface area contributed by atoms with Gasteiger partial charge in [-0.15, -0.1) is 11.3 Å². The van der Waals surface area contributed by atoms with Crippen LogP contribution in [0.15, 0.2) is 17.5 Å². The molecule has 90 valence electrons. The molecule has 1 aromatic heterocycles. The molecule has 1 aromatic rings. The molecule has 0 aromatic carbocycles. The fraction of sp³-hybridized carbons (Fsp3) is 0.583. The number of thiophene rings is 1. The van der Waals surface area contributed by atoms with Gasteiger partial charge in [-0.25, -0.2) is 0 Å². The third-order valence-electron chi connectivity index (χ3n) is 2.43. The van der Waals surface area contributed by atoms with E-state index in [2.05, 4.69) is 0 Å². The van der Waals surface area contributed by atoms with E-state index in [9.17, 15) is 4.79 Å². The molecule has 0 fully saturated rings. The highest BCUT2D eigenvalue weighted by molar-refractivity contribution is 7.12. The maximum atomic E-state index is 11.6. The predicted octanol–water partition coefficient (Wildman–Crippen LogP) is 2.76. The molecule has 1 rings (SSSR count). The van der Waals surface area contributed by atoms with Crippen LogP contribution >= 0.6 is 11.3 Å². The van der Waals surface area contributed by atoms with Gasteiger partial charge in [0, 0.05) is 13.7 Å². The van der Waals surface area contributed by atoms with Gasteiger partial charge in [-0.1, -0.05) is 6.07 Å². The first-order valence-corrected chi connectivity index (χ1v) is 6.13. The lowest BCUT2D eigenvalue weighted by Crippen LogP contribution is -2.25. The first-order valence-electron chi connectivity index (χ1n) is 5.25. The summed E-state index contributed by atoms with van der Waals surface area (Å²) >= 11 is 1.44. The third kappa shape index (κ3) is 4.43. The summed E-state index contributed by atoms with van der Waals surface area (Å²) in [7, 11) is 1.68. The van der Waals surface area contributed by atoms with Crippen LogP contribution in [0.2, 0.25) is 0 Å². The number of Topliss-reactive ketones (excluding diaryl/α,β-unsaturated/α-hetero) is 1. The van der Waals surface area contributed by atoms with Gasteiger partial charge in [-0.3, -0.25) is 4.79 Å². The highest BCUT2D eigenvalue weighted by Gasteiger charge is 2.16. The van der Waals surface area contributed by atoms with E-state index in [1.54, 1.807) is 7.11 Å². The summed E-state index contributed by atoms with van der Waals surface area (Å²) in [5, 5.41) is 1.89. The molecule has 4 heteroatoms. The van der Waals surface area contributed by atoms with Gasteiger partial charge in [0.1, 0.15) is 6.61 Å². The zero-order valence-electron chi connectivity index (χ0n) is 9.99. The molecule has 0 aliphatic heterocycles. The Morgan fingerprint density at radius 2 is 2.25 bits per heavy atom. The van der Waals surface area contributed by atoms with Crippen molar-refractivity contribution in [1.29, 1.82) is 0 Å². The van der Waals surface area contributed by atoms with E-state index in [1.807, 2.05) is 31.4 Å². The first kappa shape index (κ1) is 13.4. The van der Waals surface area contributed by atoms with Gasteiger partial charge < -0.3 is 9.47 Å². The number of ether oxygens (including phenoxy) is 2. The van der Waals surface area contributed by atoms with Gasteiger partial charge in [-0.2, -0.15) is 0 Å². The van der Waals surface area contributed by atoms with Crippen molar-refractivity contribution in [2.45, 2.75) is 25.9 Å². The number of methoxy groups -OCH3 is 1. The van der Waals surface area contributed by atoms with Gasteiger partial charge in [0.25, 0.3) is 0 Å². The summed E-state index contributed by atoms with van der Waals surface area (Å²) in [5.74, 6) is 0.0465. The molecule has 16 heavy (non-hydrogen) atoms. The molecule has 0 aliphatic carbocycles. The fourth-order valence-electron chi connectivity index (χ4n) is 1.09. The molecule has 0 amide bonds. The Morgan fingerprint density at radius 1 is 1.50 bits per heavy atom. The number of rotatable bonds is 7. The number of hydrogen-bond acceptors (Lipinski definition) is 4. The van der Waals surface area contributed by atoms with Crippen LogP contribution in [0.5, 0.6) is 0 Å². The average Bonchev–Trinajstić information content (AvgIpc) is 2.77. The Labute approximate surface area is 100 Å². The molecule has 0 saturated heterocycles. The van der Waals surface area contributed by atoms with Crippen molar-refractivity contribution in [2.75, 3.05) is 20.3 Å². The second-order valence-electron chi connectivity index (χ2n) is 4.17. The van der Waals surface area contributed by atoms with Crippen LogP contribution < -0.4 is 0 Å². The Morgan fingerprint density at radius 3 is 2.81 bits per heavy atom. The predicted molar refractivity (Wildman–Crippen MR) is 65.2 cm³/mol. The van der Waals surface area contributed by atoms with Crippen LogP contribution in [0.25, 0.3) is 0 Å². The lowest BCUT2D eigenvalue weighted by molar-refractivity contribution is -0.00833. The van der Waals surface area contributed by atoms with Crippen LogP contribution in [0.4, 0.5) is 0 Å². The summed E-state index contributed by atoms with van der Waals surface area (Å²) in [4.78, 5) is 12.3. The minimum absolute atomic E-state index is 0.0465. The molecule has 0 spiro atoms. The number of carbonyl (C=O) groups is 1. The average molecular weight is 242 g/mol. The molecule has 0 unspecified atom stereocenters. The van der Waals surface area contributed by atoms with Crippen LogP contribution in [0, 0.1) is 0 Å². The largest absolute Gasteiger partial charge is 0.379 e. The molecule has 3 nitrogen and oxygen atoms in total. The van der Waals surface area contributed by atoms with Gasteiger partial charge >= 0.3 is 0 Å². The number of ketones is 1. The molecule has 0 saturated carbocycles. The Hall–Kier alpha value is -0.710. The standard InChI is InChI=1S/C12H18O3S/c1-12(2,14-3)6-7-15-9-10(13)11-5-4-8-16-11/h4-5,8H,6-7,9H2,1-3H3. The van der Waals surface area contributed by atoms with Gasteiger partial charge in [0.15, 0.2) is 5.78 Å². The summed E-state index contributed by atoms with van der Waals surface area (Å²) < 4.78 is 10.6. The van der Waals surface area contributed by atoms with Crippen molar-refractivity contribution >= 4 is 17.1 Å². The summed E-state index contributed by atoms with van der Waals surface area (Å²) in [5.41, 5.74) is -0.189. The monoisotopic (exact) mass is 242 g/mol. The second-order valence-corrected chi connectivity index (χ2v) is 5.11. The van der Waals surface area contributed by atoms with E-state index < -0.39 is 0 Å². The lowest BCUT2D eigenvalue weighted by Gasteiger charge is -2.22. The molecule has 0 atom stereocenters. The van der Waals surface area contributed by atoms with Crippen molar-refractivity contribution in [3.8, 4) is 0 Å². The summed E-state index contributed by atoms with van der Waals surface area (Å²) in [6, 6.07) is 3.68. The smallest absolute Gasteiger partial charge is 0.198 e. The number of hydrogen-bond donors (Lipinski definition) is 0. The Bertz CT molecular complexity index is 317. The molecule has 0 aliphatic rings. The fourth-order valence-corrected chi connectivity index (χ4v) is 1.74. The third-order valence-corrected chi connectivity index (χ3v) is 3.34. The molecular formula is C12H18O3S. The van der Waals surface area contributed by atoms with Crippen LogP contribution in [-0.2, 0) is 9.47 Å². The Balaban J connectivity index is 2.19. The van der Waals surface area contributed by atoms with E-state index >= 15 is 0 Å². The van der Waals surface area contributed by atoms with Crippen LogP contribution in [-0.4, -0.2) is 31.7 Å². The van der Waals surface area contributed by atoms with Crippen molar-refractivity contribution in [3.63, 3.8) is 0 Å². The van der Waals surface area contributed by atoms with E-state index in [1.165, 1.54) is 11.3 Å². The highest BCUT2D eigenvalue weighted by Crippen LogP contribution is 2.13. The van der Waals surface area contributed by atoms with E-state index in [4.69, 9.17) is 9.47 Å². The molecule has 0 radical (unpaired) electrons. The second kappa shape index (κ2) is 6.13. The minimum atomic E-state index is -0.189. The molecular weight excluding hydrogens is 224 g/mol. The van der Waals surface area contributed by atoms with Crippen molar-refractivity contribution in [1.82, 2.24) is 0 Å². The molecule has 0 bridgehead atoms. The van der Waals surface area contributed by atoms with E-state index in [0.717, 1.165) is 11.3 Å². The summed E-state index contributed by atoms with van der Waals surface area (Å²) in [6.45, 7) is 4.69. The maximum absolute atomic E-state index is 11.6. The van der Waals surface area contributed by atoms with E-state index in [-0.39, 0.29) is 18.0 Å². The summed E-state index contributed by atoms with van der Waals surface area (Å²) in [6.07, 6.45) is 0.779. The number of carbonyl (C=O) groups excluding carboxylic acids is 1. The molecule has 0 N–H and O–H groups in total. The van der Waals surface area contributed by atoms with Gasteiger partial charge in [0.2, 0.25) is 0 Å². The van der Waals surface area contributed by atoms with Gasteiger partial charge in [-0.05, 0) is 31.7 Å². The zero-order valence-corrected chi connectivity index (χ0v) is 10.8. The van der Waals surface area contributed by atoms with E-state index in [0.29, 0.717) is 6.61 Å². The first-order chi connectivity index (χ1) is 7.55. The van der Waals surface area contributed by atoms with Crippen molar-refractivity contribution < 1.29 is 14.3 Å². The molecule has 1 heterocycles. The zero-order chi connectivity index (χ0) is 12.0. The van der Waals surface area contributed by atoms with Gasteiger partial charge in [0.05, 0.1) is 10.5 Å². The lowest BCUT2D eigenvalue weighted by atomic mass is 10.1. The van der Waals surface area contributed by atoms with Crippen molar-refractivity contribution in [3.05, 3.63) is 22.4 Å². The Kier molecular flexibility index (Phi) is 5.12. The van der Waals surface area contributed by atoms with Crippen LogP contribution in [0.1, 0.15) is 29.9 Å². The topological polar surface area (TPSA) is 35.5 Å². The quantitative estimate of drug-likeness (QED) is 0.545. The highest BCUT2D eigenvalue weighted by atomic mass is 32.1. The maximum Gasteiger partial charge on any atom is 0.198 e. The minimum Gasteiger partial charge on any atom is -0.379 e.